The van der Waals surface area contributed by atoms with Crippen LogP contribution in [-0.2, 0) is 19.1 Å². The summed E-state index contributed by atoms with van der Waals surface area (Å²) < 4.78 is 12.0. The van der Waals surface area contributed by atoms with Crippen LogP contribution in [0.2, 0.25) is 0 Å². The van der Waals surface area contributed by atoms with E-state index in [1.807, 2.05) is 0 Å². The van der Waals surface area contributed by atoms with Gasteiger partial charge in [-0.2, -0.15) is 0 Å². The van der Waals surface area contributed by atoms with E-state index in [-0.39, 0.29) is 12.5 Å². The minimum absolute atomic E-state index is 0.284. The minimum atomic E-state index is -0.525. The van der Waals surface area contributed by atoms with Gasteiger partial charge in [-0.05, 0) is 44.4 Å². The first-order chi connectivity index (χ1) is 11.0. The van der Waals surface area contributed by atoms with E-state index >= 15 is 0 Å². The quantitative estimate of drug-likeness (QED) is 0.450. The molecule has 6 heteroatoms. The molecule has 0 unspecified atom stereocenters. The van der Waals surface area contributed by atoms with Gasteiger partial charge in [-0.15, -0.1) is 0 Å². The highest BCUT2D eigenvalue weighted by Gasteiger charge is 2.26. The predicted molar refractivity (Wildman–Crippen MR) is 87.1 cm³/mol. The Morgan fingerprint density at radius 2 is 2.13 bits per heavy atom. The molecule has 126 valence electrons. The molecule has 1 aromatic rings. The van der Waals surface area contributed by atoms with Gasteiger partial charge in [-0.25, -0.2) is 4.79 Å². The van der Waals surface area contributed by atoms with Gasteiger partial charge in [0.25, 0.3) is 5.91 Å². The molecule has 1 aliphatic rings. The molecule has 6 nitrogen and oxygen atoms in total. The van der Waals surface area contributed by atoms with Crippen LogP contribution in [0.15, 0.2) is 12.1 Å². The zero-order valence-electron chi connectivity index (χ0n) is 13.9. The second kappa shape index (κ2) is 7.97. The number of nitrogens with zero attached hydrogens (tertiary/aromatic N) is 1. The summed E-state index contributed by atoms with van der Waals surface area (Å²) in [5, 5.41) is 2.58. The van der Waals surface area contributed by atoms with Crippen molar-refractivity contribution in [3.8, 4) is 0 Å². The van der Waals surface area contributed by atoms with Crippen LogP contribution >= 0.6 is 0 Å². The first kappa shape index (κ1) is 17.3. The molecule has 23 heavy (non-hydrogen) atoms. The highest BCUT2D eigenvalue weighted by molar-refractivity contribution is 5.89. The number of aryl methyl sites for hydroxylation is 1. The fourth-order valence-corrected chi connectivity index (χ4v) is 2.55. The Balaban J connectivity index is 1.82. The van der Waals surface area contributed by atoms with Gasteiger partial charge in [0.1, 0.15) is 0 Å². The van der Waals surface area contributed by atoms with Gasteiger partial charge < -0.3 is 19.4 Å². The number of hydrogen-bond acceptors (Lipinski definition) is 4. The highest BCUT2D eigenvalue weighted by Crippen LogP contribution is 2.38. The fraction of sp³-hybridized carbons (Fsp3) is 0.529. The van der Waals surface area contributed by atoms with Crippen LogP contribution in [-0.4, -0.2) is 43.3 Å². The monoisotopic (exact) mass is 320 g/mol. The standard InChI is InChI=1S/C17H24N2O4/c1-12-10-14(13(2)19(12)15-5-6-15)4-7-17(21)23-11-16(20)18-8-9-22-3/h4,7,10,15H,5-6,8-9,11H2,1-3H3,(H,18,20)/b7-4+. The summed E-state index contributed by atoms with van der Waals surface area (Å²) in [6.07, 6.45) is 5.55. The second-order valence-corrected chi connectivity index (χ2v) is 5.71. The second-order valence-electron chi connectivity index (χ2n) is 5.71. The van der Waals surface area contributed by atoms with Crippen LogP contribution in [0.4, 0.5) is 0 Å². The van der Waals surface area contributed by atoms with E-state index in [1.54, 1.807) is 13.2 Å². The third-order valence-corrected chi connectivity index (χ3v) is 3.81. The van der Waals surface area contributed by atoms with Crippen LogP contribution in [0.3, 0.4) is 0 Å². The molecule has 1 aliphatic carbocycles. The van der Waals surface area contributed by atoms with E-state index in [0.29, 0.717) is 19.2 Å². The Hall–Kier alpha value is -2.08. The van der Waals surface area contributed by atoms with Gasteiger partial charge in [0.2, 0.25) is 0 Å². The lowest BCUT2D eigenvalue weighted by atomic mass is 10.2. The van der Waals surface area contributed by atoms with Crippen molar-refractivity contribution < 1.29 is 19.1 Å². The predicted octanol–water partition coefficient (Wildman–Crippen LogP) is 1.76. The third kappa shape index (κ3) is 4.96. The summed E-state index contributed by atoms with van der Waals surface area (Å²) in [6, 6.07) is 2.68. The SMILES string of the molecule is COCCNC(=O)COC(=O)/C=C/c1cc(C)n(C2CC2)c1C. The maximum absolute atomic E-state index is 11.7. The van der Waals surface area contributed by atoms with Crippen molar-refractivity contribution in [1.82, 2.24) is 9.88 Å². The Bertz CT molecular complexity index is 600. The van der Waals surface area contributed by atoms with E-state index in [9.17, 15) is 9.59 Å². The molecular weight excluding hydrogens is 296 g/mol. The summed E-state index contributed by atoms with van der Waals surface area (Å²) in [6.45, 7) is 4.67. The average Bonchev–Trinajstić information content (AvgIpc) is 3.30. The Morgan fingerprint density at radius 3 is 2.78 bits per heavy atom. The number of esters is 1. The van der Waals surface area contributed by atoms with Crippen LogP contribution in [0.1, 0.15) is 35.8 Å². The molecule has 0 bridgehead atoms. The van der Waals surface area contributed by atoms with Gasteiger partial charge in [-0.3, -0.25) is 4.79 Å². The van der Waals surface area contributed by atoms with Gasteiger partial charge in [0, 0.05) is 37.2 Å². The number of rotatable bonds is 8. The molecular formula is C17H24N2O4. The average molecular weight is 320 g/mol. The van der Waals surface area contributed by atoms with Crippen molar-refractivity contribution in [2.45, 2.75) is 32.7 Å². The van der Waals surface area contributed by atoms with Crippen LogP contribution in [0.25, 0.3) is 6.08 Å². The highest BCUT2D eigenvalue weighted by atomic mass is 16.5. The molecule has 0 saturated heterocycles. The number of hydrogen-bond donors (Lipinski definition) is 1. The molecule has 1 aromatic heterocycles. The zero-order chi connectivity index (χ0) is 16.8. The van der Waals surface area contributed by atoms with E-state index in [4.69, 9.17) is 9.47 Å². The molecule has 0 spiro atoms. The summed E-state index contributed by atoms with van der Waals surface area (Å²) >= 11 is 0. The Labute approximate surface area is 136 Å². The van der Waals surface area contributed by atoms with Crippen LogP contribution in [0.5, 0.6) is 0 Å². The molecule has 1 amide bonds. The zero-order valence-corrected chi connectivity index (χ0v) is 13.9. The van der Waals surface area contributed by atoms with E-state index in [1.165, 1.54) is 24.6 Å². The van der Waals surface area contributed by atoms with Crippen molar-refractivity contribution in [3.05, 3.63) is 29.1 Å². The lowest BCUT2D eigenvalue weighted by molar-refractivity contribution is -0.143. The molecule has 0 atom stereocenters. The fourth-order valence-electron chi connectivity index (χ4n) is 2.55. The number of aromatic nitrogens is 1. The maximum atomic E-state index is 11.7. The molecule has 1 fully saturated rings. The van der Waals surface area contributed by atoms with Crippen molar-refractivity contribution >= 4 is 18.0 Å². The molecule has 1 saturated carbocycles. The number of nitrogens with one attached hydrogen (secondary N) is 1. The topological polar surface area (TPSA) is 69.6 Å². The van der Waals surface area contributed by atoms with Crippen LogP contribution in [0, 0.1) is 13.8 Å². The van der Waals surface area contributed by atoms with E-state index < -0.39 is 5.97 Å². The first-order valence-electron chi connectivity index (χ1n) is 7.82. The number of amides is 1. The summed E-state index contributed by atoms with van der Waals surface area (Å²) in [4.78, 5) is 23.1. The normalized spacial score (nSPS) is 14.2. The number of methoxy groups -OCH3 is 1. The third-order valence-electron chi connectivity index (χ3n) is 3.81. The Morgan fingerprint density at radius 1 is 1.39 bits per heavy atom. The maximum Gasteiger partial charge on any atom is 0.331 e. The number of ether oxygens (including phenoxy) is 2. The van der Waals surface area contributed by atoms with Gasteiger partial charge in [-0.1, -0.05) is 0 Å². The smallest absolute Gasteiger partial charge is 0.331 e. The van der Waals surface area contributed by atoms with Crippen molar-refractivity contribution in [2.24, 2.45) is 0 Å². The minimum Gasteiger partial charge on any atom is -0.452 e. The van der Waals surface area contributed by atoms with Crippen LogP contribution < -0.4 is 5.32 Å². The molecule has 2 rings (SSSR count). The summed E-state index contributed by atoms with van der Waals surface area (Å²) in [7, 11) is 1.55. The van der Waals surface area contributed by atoms with Gasteiger partial charge in [0.05, 0.1) is 6.61 Å². The Kier molecular flexibility index (Phi) is 5.98. The lowest BCUT2D eigenvalue weighted by Gasteiger charge is -2.06. The van der Waals surface area contributed by atoms with Gasteiger partial charge >= 0.3 is 5.97 Å². The number of carbonyl (C=O) groups is 2. The largest absolute Gasteiger partial charge is 0.452 e. The number of carbonyl (C=O) groups excluding carboxylic acids is 2. The van der Waals surface area contributed by atoms with Crippen molar-refractivity contribution in [2.75, 3.05) is 26.9 Å². The molecule has 0 aliphatic heterocycles. The summed E-state index contributed by atoms with van der Waals surface area (Å²) in [5.74, 6) is -0.862. The molecule has 1 N–H and O–H groups in total. The van der Waals surface area contributed by atoms with Crippen molar-refractivity contribution in [1.29, 1.82) is 0 Å². The van der Waals surface area contributed by atoms with Crippen molar-refractivity contribution in [3.63, 3.8) is 0 Å². The first-order valence-corrected chi connectivity index (χ1v) is 7.82. The molecule has 0 aromatic carbocycles. The van der Waals surface area contributed by atoms with E-state index in [2.05, 4.69) is 29.8 Å². The molecule has 1 heterocycles. The van der Waals surface area contributed by atoms with Gasteiger partial charge in [0.15, 0.2) is 6.61 Å². The van der Waals surface area contributed by atoms with E-state index in [0.717, 1.165) is 11.3 Å². The lowest BCUT2D eigenvalue weighted by Crippen LogP contribution is -2.31. The molecule has 0 radical (unpaired) electrons. The summed E-state index contributed by atoms with van der Waals surface area (Å²) in [5.41, 5.74) is 3.37.